The Morgan fingerprint density at radius 2 is 2.35 bits per heavy atom. The third-order valence-corrected chi connectivity index (χ3v) is 3.85. The van der Waals surface area contributed by atoms with Crippen molar-refractivity contribution in [3.63, 3.8) is 0 Å². The molecule has 1 aromatic rings. The van der Waals surface area contributed by atoms with Crippen LogP contribution in [-0.2, 0) is 13.0 Å². The van der Waals surface area contributed by atoms with Gasteiger partial charge < -0.3 is 9.84 Å². The van der Waals surface area contributed by atoms with Gasteiger partial charge in [-0.25, -0.2) is 0 Å². The lowest BCUT2D eigenvalue weighted by atomic mass is 10.1. The summed E-state index contributed by atoms with van der Waals surface area (Å²) >= 11 is 0. The third-order valence-electron chi connectivity index (χ3n) is 3.85. The van der Waals surface area contributed by atoms with Crippen LogP contribution in [0.3, 0.4) is 0 Å². The SMILES string of the molecule is OCC1CCCN1Cc1ccc2c(c1)CCO2. The first-order valence-corrected chi connectivity index (χ1v) is 6.46. The molecule has 1 N–H and O–H groups in total. The largest absolute Gasteiger partial charge is 0.493 e. The Kier molecular flexibility index (Phi) is 3.04. The summed E-state index contributed by atoms with van der Waals surface area (Å²) in [5.41, 5.74) is 2.68. The zero-order valence-electron chi connectivity index (χ0n) is 10.1. The van der Waals surface area contributed by atoms with Gasteiger partial charge in [-0.2, -0.15) is 0 Å². The second kappa shape index (κ2) is 4.67. The van der Waals surface area contributed by atoms with Crippen molar-refractivity contribution in [1.82, 2.24) is 4.90 Å². The number of nitrogens with zero attached hydrogens (tertiary/aromatic N) is 1. The van der Waals surface area contributed by atoms with E-state index in [1.807, 2.05) is 0 Å². The maximum Gasteiger partial charge on any atom is 0.122 e. The fraction of sp³-hybridized carbons (Fsp3) is 0.571. The molecule has 2 heterocycles. The van der Waals surface area contributed by atoms with Gasteiger partial charge in [-0.3, -0.25) is 4.90 Å². The van der Waals surface area contributed by atoms with E-state index in [1.165, 1.54) is 17.5 Å². The van der Waals surface area contributed by atoms with Crippen molar-refractivity contribution in [3.8, 4) is 5.75 Å². The molecule has 1 atom stereocenters. The van der Waals surface area contributed by atoms with Gasteiger partial charge in [0.25, 0.3) is 0 Å². The topological polar surface area (TPSA) is 32.7 Å². The molecule has 1 saturated heterocycles. The number of benzene rings is 1. The molecule has 0 aliphatic carbocycles. The summed E-state index contributed by atoms with van der Waals surface area (Å²) < 4.78 is 5.51. The van der Waals surface area contributed by atoms with Gasteiger partial charge in [0.2, 0.25) is 0 Å². The van der Waals surface area contributed by atoms with E-state index < -0.39 is 0 Å². The summed E-state index contributed by atoms with van der Waals surface area (Å²) in [6, 6.07) is 6.85. The van der Waals surface area contributed by atoms with Crippen molar-refractivity contribution in [1.29, 1.82) is 0 Å². The number of hydrogen-bond acceptors (Lipinski definition) is 3. The molecule has 17 heavy (non-hydrogen) atoms. The van der Waals surface area contributed by atoms with Crippen LogP contribution < -0.4 is 4.74 Å². The van der Waals surface area contributed by atoms with Crippen LogP contribution in [0.5, 0.6) is 5.75 Å². The Morgan fingerprint density at radius 3 is 3.24 bits per heavy atom. The molecular weight excluding hydrogens is 214 g/mol. The number of hydrogen-bond donors (Lipinski definition) is 1. The molecule has 0 spiro atoms. The van der Waals surface area contributed by atoms with E-state index in [0.29, 0.717) is 6.04 Å². The molecular formula is C14H19NO2. The van der Waals surface area contributed by atoms with Gasteiger partial charge in [0.05, 0.1) is 13.2 Å². The van der Waals surface area contributed by atoms with Crippen molar-refractivity contribution in [2.24, 2.45) is 0 Å². The lowest BCUT2D eigenvalue weighted by molar-refractivity contribution is 0.153. The first-order chi connectivity index (χ1) is 8.36. The van der Waals surface area contributed by atoms with Crippen LogP contribution in [-0.4, -0.2) is 35.8 Å². The highest BCUT2D eigenvalue weighted by Gasteiger charge is 2.24. The molecule has 3 nitrogen and oxygen atoms in total. The lowest BCUT2D eigenvalue weighted by Crippen LogP contribution is -2.31. The molecule has 1 fully saturated rings. The van der Waals surface area contributed by atoms with Gasteiger partial charge in [-0.1, -0.05) is 12.1 Å². The highest BCUT2D eigenvalue weighted by atomic mass is 16.5. The third kappa shape index (κ3) is 2.17. The summed E-state index contributed by atoms with van der Waals surface area (Å²) in [6.45, 7) is 3.17. The fourth-order valence-electron chi connectivity index (χ4n) is 2.88. The summed E-state index contributed by atoms with van der Waals surface area (Å²) in [7, 11) is 0. The Bertz CT molecular complexity index is 405. The summed E-state index contributed by atoms with van der Waals surface area (Å²) in [6.07, 6.45) is 3.37. The van der Waals surface area contributed by atoms with E-state index >= 15 is 0 Å². The maximum absolute atomic E-state index is 9.31. The smallest absolute Gasteiger partial charge is 0.122 e. The number of fused-ring (bicyclic) bond motifs is 1. The normalized spacial score (nSPS) is 23.7. The minimum atomic E-state index is 0.286. The van der Waals surface area contributed by atoms with Gasteiger partial charge in [0.1, 0.15) is 5.75 Å². The van der Waals surface area contributed by atoms with Crippen molar-refractivity contribution in [2.75, 3.05) is 19.8 Å². The highest BCUT2D eigenvalue weighted by Crippen LogP contribution is 2.27. The Morgan fingerprint density at radius 1 is 1.41 bits per heavy atom. The first-order valence-electron chi connectivity index (χ1n) is 6.46. The van der Waals surface area contributed by atoms with Crippen LogP contribution >= 0.6 is 0 Å². The quantitative estimate of drug-likeness (QED) is 0.860. The van der Waals surface area contributed by atoms with E-state index in [2.05, 4.69) is 23.1 Å². The van der Waals surface area contributed by atoms with Crippen LogP contribution in [0.15, 0.2) is 18.2 Å². The van der Waals surface area contributed by atoms with E-state index in [0.717, 1.165) is 38.3 Å². The molecule has 3 heteroatoms. The summed E-state index contributed by atoms with van der Waals surface area (Å²) in [5, 5.41) is 9.31. The summed E-state index contributed by atoms with van der Waals surface area (Å²) in [5.74, 6) is 1.05. The number of ether oxygens (including phenoxy) is 1. The highest BCUT2D eigenvalue weighted by molar-refractivity contribution is 5.39. The molecule has 0 aromatic heterocycles. The first kappa shape index (κ1) is 11.1. The molecule has 2 aliphatic rings. The maximum atomic E-state index is 9.31. The number of rotatable bonds is 3. The van der Waals surface area contributed by atoms with Crippen molar-refractivity contribution in [3.05, 3.63) is 29.3 Å². The second-order valence-electron chi connectivity index (χ2n) is 4.99. The predicted molar refractivity (Wildman–Crippen MR) is 66.2 cm³/mol. The Hall–Kier alpha value is -1.06. The Balaban J connectivity index is 1.72. The van der Waals surface area contributed by atoms with Crippen LogP contribution in [0.1, 0.15) is 24.0 Å². The van der Waals surface area contributed by atoms with Gasteiger partial charge in [-0.15, -0.1) is 0 Å². The van der Waals surface area contributed by atoms with E-state index in [9.17, 15) is 5.11 Å². The number of likely N-dealkylation sites (tertiary alicyclic amines) is 1. The number of aliphatic hydroxyl groups excluding tert-OH is 1. The molecule has 92 valence electrons. The van der Waals surface area contributed by atoms with Gasteiger partial charge in [-0.05, 0) is 36.6 Å². The summed E-state index contributed by atoms with van der Waals surface area (Å²) in [4.78, 5) is 2.39. The van der Waals surface area contributed by atoms with Crippen molar-refractivity contribution < 1.29 is 9.84 Å². The number of aliphatic hydroxyl groups is 1. The van der Waals surface area contributed by atoms with Gasteiger partial charge >= 0.3 is 0 Å². The minimum absolute atomic E-state index is 0.286. The molecule has 3 rings (SSSR count). The second-order valence-corrected chi connectivity index (χ2v) is 4.99. The standard InChI is InChI=1S/C14H19NO2/c16-10-13-2-1-6-15(13)9-11-3-4-14-12(8-11)5-7-17-14/h3-4,8,13,16H,1-2,5-7,9-10H2. The minimum Gasteiger partial charge on any atom is -0.493 e. The van der Waals surface area contributed by atoms with E-state index in [1.54, 1.807) is 0 Å². The van der Waals surface area contributed by atoms with Crippen LogP contribution in [0.4, 0.5) is 0 Å². The predicted octanol–water partition coefficient (Wildman–Crippen LogP) is 1.58. The zero-order chi connectivity index (χ0) is 11.7. The molecule has 0 amide bonds. The van der Waals surface area contributed by atoms with E-state index in [-0.39, 0.29) is 6.61 Å². The molecule has 1 aromatic carbocycles. The van der Waals surface area contributed by atoms with Crippen LogP contribution in [0.2, 0.25) is 0 Å². The van der Waals surface area contributed by atoms with E-state index in [4.69, 9.17) is 4.74 Å². The van der Waals surface area contributed by atoms with Crippen LogP contribution in [0.25, 0.3) is 0 Å². The molecule has 0 radical (unpaired) electrons. The van der Waals surface area contributed by atoms with Gasteiger partial charge in [0, 0.05) is 19.0 Å². The molecule has 0 saturated carbocycles. The fourth-order valence-corrected chi connectivity index (χ4v) is 2.88. The molecule has 2 aliphatic heterocycles. The van der Waals surface area contributed by atoms with Gasteiger partial charge in [0.15, 0.2) is 0 Å². The molecule has 1 unspecified atom stereocenters. The van der Waals surface area contributed by atoms with Crippen molar-refractivity contribution >= 4 is 0 Å². The van der Waals surface area contributed by atoms with Crippen molar-refractivity contribution in [2.45, 2.75) is 31.8 Å². The monoisotopic (exact) mass is 233 g/mol. The van der Waals surface area contributed by atoms with Crippen LogP contribution in [0, 0.1) is 0 Å². The zero-order valence-corrected chi connectivity index (χ0v) is 10.1. The Labute approximate surface area is 102 Å². The molecule has 0 bridgehead atoms. The average Bonchev–Trinajstić information content (AvgIpc) is 2.96. The lowest BCUT2D eigenvalue weighted by Gasteiger charge is -2.22. The average molecular weight is 233 g/mol.